The highest BCUT2D eigenvalue weighted by molar-refractivity contribution is 5.85. The predicted molar refractivity (Wildman–Crippen MR) is 65.5 cm³/mol. The number of nitrogens with two attached hydrogens (primary N) is 1. The molecule has 5 heteroatoms. The lowest BCUT2D eigenvalue weighted by Crippen LogP contribution is -2.06. The van der Waals surface area contributed by atoms with Gasteiger partial charge in [0.1, 0.15) is 5.82 Å². The molecule has 3 N–H and O–H groups in total. The van der Waals surface area contributed by atoms with Gasteiger partial charge in [0.2, 0.25) is 0 Å². The summed E-state index contributed by atoms with van der Waals surface area (Å²) >= 11 is 0. The molecule has 0 atom stereocenters. The Morgan fingerprint density at radius 3 is 2.57 bits per heavy atom. The summed E-state index contributed by atoms with van der Waals surface area (Å²) in [7, 11) is 0. The van der Waals surface area contributed by atoms with Crippen LogP contribution < -0.4 is 11.1 Å². The van der Waals surface area contributed by atoms with Crippen molar-refractivity contribution in [3.05, 3.63) is 24.4 Å². The number of nitrogens with one attached hydrogen (secondary N) is 1. The van der Waals surface area contributed by atoms with Crippen molar-refractivity contribution in [2.45, 2.75) is 12.8 Å². The van der Waals surface area contributed by atoms with E-state index in [2.05, 4.69) is 10.3 Å². The van der Waals surface area contributed by atoms with E-state index in [9.17, 15) is 0 Å². The molecule has 0 aromatic carbocycles. The average Bonchev–Trinajstić information content (AvgIpc) is 2.14. The Hall–Kier alpha value is -0.510. The van der Waals surface area contributed by atoms with Gasteiger partial charge in [-0.3, -0.25) is 0 Å². The van der Waals surface area contributed by atoms with Crippen molar-refractivity contribution in [3.8, 4) is 0 Å². The van der Waals surface area contributed by atoms with Crippen LogP contribution in [0, 0.1) is 0 Å². The highest BCUT2D eigenvalue weighted by Crippen LogP contribution is 1.99. The smallest absolute Gasteiger partial charge is 0.125 e. The number of nitrogens with zero attached hydrogens (tertiary/aromatic N) is 1. The third kappa shape index (κ3) is 6.95. The zero-order chi connectivity index (χ0) is 8.65. The van der Waals surface area contributed by atoms with Crippen LogP contribution in [0.4, 0.5) is 5.82 Å². The Balaban J connectivity index is 0. The van der Waals surface area contributed by atoms with Gasteiger partial charge in [-0.2, -0.15) is 0 Å². The number of unbranched alkanes of at least 4 members (excludes halogenated alkanes) is 1. The first-order chi connectivity index (χ1) is 5.93. The van der Waals surface area contributed by atoms with Gasteiger partial charge in [-0.15, -0.1) is 24.8 Å². The molecule has 0 amide bonds. The van der Waals surface area contributed by atoms with Gasteiger partial charge in [-0.1, -0.05) is 6.07 Å². The highest BCUT2D eigenvalue weighted by Gasteiger charge is 1.89. The van der Waals surface area contributed by atoms with Crippen molar-refractivity contribution < 1.29 is 0 Å². The van der Waals surface area contributed by atoms with Crippen LogP contribution >= 0.6 is 24.8 Å². The van der Waals surface area contributed by atoms with E-state index in [1.807, 2.05) is 18.2 Å². The molecule has 1 aromatic rings. The van der Waals surface area contributed by atoms with E-state index >= 15 is 0 Å². The topological polar surface area (TPSA) is 50.9 Å². The fraction of sp³-hybridized carbons (Fsp3) is 0.444. The van der Waals surface area contributed by atoms with Gasteiger partial charge in [-0.05, 0) is 31.5 Å². The van der Waals surface area contributed by atoms with Crippen molar-refractivity contribution in [1.29, 1.82) is 0 Å². The SMILES string of the molecule is Cl.Cl.NCCCCNc1ccccn1. The molecule has 1 aromatic heterocycles. The zero-order valence-electron chi connectivity index (χ0n) is 7.98. The van der Waals surface area contributed by atoms with E-state index in [-0.39, 0.29) is 24.8 Å². The normalized spacial score (nSPS) is 8.36. The largest absolute Gasteiger partial charge is 0.370 e. The molecule has 0 radical (unpaired) electrons. The highest BCUT2D eigenvalue weighted by atomic mass is 35.5. The summed E-state index contributed by atoms with van der Waals surface area (Å²) < 4.78 is 0. The molecule has 0 aliphatic heterocycles. The first-order valence-electron chi connectivity index (χ1n) is 4.28. The molecule has 14 heavy (non-hydrogen) atoms. The van der Waals surface area contributed by atoms with Crippen LogP contribution in [0.1, 0.15) is 12.8 Å². The number of aromatic nitrogens is 1. The Morgan fingerprint density at radius 2 is 2.00 bits per heavy atom. The van der Waals surface area contributed by atoms with Gasteiger partial charge in [0.15, 0.2) is 0 Å². The second-order valence-electron chi connectivity index (χ2n) is 2.64. The molecule has 0 saturated heterocycles. The monoisotopic (exact) mass is 237 g/mol. The number of pyridine rings is 1. The van der Waals surface area contributed by atoms with E-state index in [0.717, 1.165) is 31.7 Å². The number of hydrogen-bond donors (Lipinski definition) is 2. The van der Waals surface area contributed by atoms with Crippen molar-refractivity contribution in [2.24, 2.45) is 5.73 Å². The maximum atomic E-state index is 5.36. The summed E-state index contributed by atoms with van der Waals surface area (Å²) in [4.78, 5) is 4.13. The van der Waals surface area contributed by atoms with Crippen LogP contribution in [0.2, 0.25) is 0 Å². The third-order valence-electron chi connectivity index (χ3n) is 1.60. The van der Waals surface area contributed by atoms with E-state index < -0.39 is 0 Å². The summed E-state index contributed by atoms with van der Waals surface area (Å²) in [6, 6.07) is 5.84. The maximum absolute atomic E-state index is 5.36. The molecule has 1 heterocycles. The summed E-state index contributed by atoms with van der Waals surface area (Å²) in [6.45, 7) is 1.72. The Kier molecular flexibility index (Phi) is 12.0. The summed E-state index contributed by atoms with van der Waals surface area (Å²) in [6.07, 6.45) is 3.96. The van der Waals surface area contributed by atoms with E-state index in [4.69, 9.17) is 5.73 Å². The number of anilines is 1. The van der Waals surface area contributed by atoms with Crippen LogP contribution in [0.15, 0.2) is 24.4 Å². The average molecular weight is 238 g/mol. The molecule has 0 aliphatic carbocycles. The Bertz CT molecular complexity index is 206. The molecule has 1 rings (SSSR count). The fourth-order valence-corrected chi connectivity index (χ4v) is 0.953. The molecule has 0 fully saturated rings. The summed E-state index contributed by atoms with van der Waals surface area (Å²) in [5, 5.41) is 3.21. The number of halogens is 2. The molecule has 0 spiro atoms. The molecule has 0 saturated carbocycles. The van der Waals surface area contributed by atoms with Crippen LogP contribution in [-0.4, -0.2) is 18.1 Å². The minimum atomic E-state index is 0. The molecule has 3 nitrogen and oxygen atoms in total. The van der Waals surface area contributed by atoms with Gasteiger partial charge >= 0.3 is 0 Å². The van der Waals surface area contributed by atoms with Crippen molar-refractivity contribution >= 4 is 30.6 Å². The van der Waals surface area contributed by atoms with E-state index in [0.29, 0.717) is 0 Å². The molecular formula is C9H17Cl2N3. The lowest BCUT2D eigenvalue weighted by molar-refractivity contribution is 0.772. The second kappa shape index (κ2) is 10.6. The molecule has 0 bridgehead atoms. The second-order valence-corrected chi connectivity index (χ2v) is 2.64. The summed E-state index contributed by atoms with van der Waals surface area (Å²) in [5.74, 6) is 0.939. The standard InChI is InChI=1S/C9H15N3.2ClH/c10-6-2-4-8-12-9-5-1-3-7-11-9;;/h1,3,5,7H,2,4,6,8,10H2,(H,11,12);2*1H. The van der Waals surface area contributed by atoms with Crippen LogP contribution in [0.25, 0.3) is 0 Å². The first-order valence-corrected chi connectivity index (χ1v) is 4.28. The van der Waals surface area contributed by atoms with E-state index in [1.54, 1.807) is 6.20 Å². The van der Waals surface area contributed by atoms with Gasteiger partial charge in [-0.25, -0.2) is 4.98 Å². The molecule has 0 unspecified atom stereocenters. The van der Waals surface area contributed by atoms with Crippen molar-refractivity contribution in [2.75, 3.05) is 18.4 Å². The summed E-state index contributed by atoms with van der Waals surface area (Å²) in [5.41, 5.74) is 5.36. The first kappa shape index (κ1) is 15.9. The quantitative estimate of drug-likeness (QED) is 0.772. The minimum Gasteiger partial charge on any atom is -0.370 e. The molecule has 82 valence electrons. The lowest BCUT2D eigenvalue weighted by atomic mass is 10.3. The Morgan fingerprint density at radius 1 is 1.21 bits per heavy atom. The predicted octanol–water partition coefficient (Wildman–Crippen LogP) is 2.08. The zero-order valence-corrected chi connectivity index (χ0v) is 9.61. The number of rotatable bonds is 5. The van der Waals surface area contributed by atoms with Gasteiger partial charge < -0.3 is 11.1 Å². The fourth-order valence-electron chi connectivity index (χ4n) is 0.953. The van der Waals surface area contributed by atoms with Crippen LogP contribution in [0.3, 0.4) is 0 Å². The minimum absolute atomic E-state index is 0. The van der Waals surface area contributed by atoms with Gasteiger partial charge in [0.25, 0.3) is 0 Å². The van der Waals surface area contributed by atoms with Crippen molar-refractivity contribution in [3.63, 3.8) is 0 Å². The Labute approximate surface area is 97.3 Å². The maximum Gasteiger partial charge on any atom is 0.125 e. The van der Waals surface area contributed by atoms with Gasteiger partial charge in [0, 0.05) is 12.7 Å². The van der Waals surface area contributed by atoms with E-state index in [1.165, 1.54) is 0 Å². The van der Waals surface area contributed by atoms with Crippen LogP contribution in [-0.2, 0) is 0 Å². The third-order valence-corrected chi connectivity index (χ3v) is 1.60. The van der Waals surface area contributed by atoms with Crippen LogP contribution in [0.5, 0.6) is 0 Å². The van der Waals surface area contributed by atoms with Gasteiger partial charge in [0.05, 0.1) is 0 Å². The number of hydrogen-bond acceptors (Lipinski definition) is 3. The molecular weight excluding hydrogens is 221 g/mol. The van der Waals surface area contributed by atoms with Crippen molar-refractivity contribution in [1.82, 2.24) is 4.98 Å². The molecule has 0 aliphatic rings. The lowest BCUT2D eigenvalue weighted by Gasteiger charge is -2.03.